The Bertz CT molecular complexity index is 659. The smallest absolute Gasteiger partial charge is 0.254 e. The van der Waals surface area contributed by atoms with Crippen LogP contribution >= 0.6 is 22.6 Å². The van der Waals surface area contributed by atoms with E-state index in [9.17, 15) is 13.2 Å². The topological polar surface area (TPSA) is 54.5 Å². The normalized spacial score (nSPS) is 28.7. The highest BCUT2D eigenvalue weighted by molar-refractivity contribution is 14.1. The van der Waals surface area contributed by atoms with Crippen LogP contribution in [0.15, 0.2) is 24.3 Å². The third-order valence-electron chi connectivity index (χ3n) is 4.60. The van der Waals surface area contributed by atoms with Gasteiger partial charge < -0.3 is 4.90 Å². The predicted molar refractivity (Wildman–Crippen MR) is 90.0 cm³/mol. The van der Waals surface area contributed by atoms with E-state index in [1.807, 2.05) is 29.2 Å². The third kappa shape index (κ3) is 2.97. The number of halogens is 1. The van der Waals surface area contributed by atoms with Crippen LogP contribution in [-0.4, -0.2) is 42.8 Å². The summed E-state index contributed by atoms with van der Waals surface area (Å²) in [6, 6.07) is 7.74. The molecule has 2 saturated heterocycles. The average Bonchev–Trinajstić information content (AvgIpc) is 2.66. The van der Waals surface area contributed by atoms with Crippen LogP contribution in [0.2, 0.25) is 0 Å². The first kappa shape index (κ1) is 15.3. The maximum Gasteiger partial charge on any atom is 0.254 e. The first-order valence-corrected chi connectivity index (χ1v) is 10.2. The van der Waals surface area contributed by atoms with Gasteiger partial charge in [0.15, 0.2) is 0 Å². The molecule has 0 radical (unpaired) electrons. The monoisotopic (exact) mass is 419 g/mol. The standard InChI is InChI=1S/C15H18INO3S/c1-21(19,20)14-8-12-5-6-13(9-14)17(12)15(18)10-3-2-4-11(16)7-10/h2-4,7,12-14H,5-6,8-9H2,1H3. The molecule has 0 aliphatic carbocycles. The van der Waals surface area contributed by atoms with Gasteiger partial charge in [-0.25, -0.2) is 8.42 Å². The van der Waals surface area contributed by atoms with Gasteiger partial charge in [0.05, 0.1) is 5.25 Å². The molecule has 2 bridgehead atoms. The molecule has 1 aromatic carbocycles. The molecule has 2 heterocycles. The molecule has 2 fully saturated rings. The second-order valence-electron chi connectivity index (χ2n) is 6.03. The molecule has 3 rings (SSSR count). The van der Waals surface area contributed by atoms with Crippen LogP contribution < -0.4 is 0 Å². The first-order chi connectivity index (χ1) is 9.86. The Morgan fingerprint density at radius 3 is 2.38 bits per heavy atom. The number of carbonyl (C=O) groups excluding carboxylic acids is 1. The van der Waals surface area contributed by atoms with Gasteiger partial charge in [0.2, 0.25) is 0 Å². The van der Waals surface area contributed by atoms with Crippen LogP contribution in [0.5, 0.6) is 0 Å². The van der Waals surface area contributed by atoms with Gasteiger partial charge in [-0.3, -0.25) is 4.79 Å². The average molecular weight is 419 g/mol. The van der Waals surface area contributed by atoms with Crippen molar-refractivity contribution in [3.8, 4) is 0 Å². The van der Waals surface area contributed by atoms with E-state index < -0.39 is 9.84 Å². The Kier molecular flexibility index (Phi) is 4.02. The third-order valence-corrected chi connectivity index (χ3v) is 6.87. The highest BCUT2D eigenvalue weighted by Crippen LogP contribution is 2.39. The Hall–Kier alpha value is -0.630. The summed E-state index contributed by atoms with van der Waals surface area (Å²) >= 11 is 2.20. The molecule has 2 atom stereocenters. The predicted octanol–water partition coefficient (Wildman–Crippen LogP) is 2.47. The van der Waals surface area contributed by atoms with Gasteiger partial charge in [0.25, 0.3) is 5.91 Å². The molecule has 6 heteroatoms. The summed E-state index contributed by atoms with van der Waals surface area (Å²) in [5, 5.41) is -0.282. The molecular weight excluding hydrogens is 401 g/mol. The molecule has 1 amide bonds. The van der Waals surface area contributed by atoms with Crippen molar-refractivity contribution in [1.82, 2.24) is 4.90 Å². The van der Waals surface area contributed by atoms with E-state index in [4.69, 9.17) is 0 Å². The van der Waals surface area contributed by atoms with Crippen LogP contribution in [-0.2, 0) is 9.84 Å². The molecule has 2 unspecified atom stereocenters. The molecule has 2 aliphatic heterocycles. The Balaban J connectivity index is 1.84. The van der Waals surface area contributed by atoms with Gasteiger partial charge in [0, 0.05) is 27.5 Å². The summed E-state index contributed by atoms with van der Waals surface area (Å²) in [6.45, 7) is 0. The van der Waals surface area contributed by atoms with E-state index in [-0.39, 0.29) is 23.2 Å². The maximum absolute atomic E-state index is 12.7. The molecule has 1 aromatic rings. The number of nitrogens with zero attached hydrogens (tertiary/aromatic N) is 1. The molecule has 0 spiro atoms. The molecular formula is C15H18INO3S. The number of sulfone groups is 1. The number of benzene rings is 1. The quantitative estimate of drug-likeness (QED) is 0.693. The zero-order chi connectivity index (χ0) is 15.2. The molecule has 21 heavy (non-hydrogen) atoms. The summed E-state index contributed by atoms with van der Waals surface area (Å²) < 4.78 is 24.6. The van der Waals surface area contributed by atoms with Gasteiger partial charge in [0.1, 0.15) is 9.84 Å². The largest absolute Gasteiger partial charge is 0.333 e. The zero-order valence-electron chi connectivity index (χ0n) is 11.8. The van der Waals surface area contributed by atoms with Gasteiger partial charge >= 0.3 is 0 Å². The van der Waals surface area contributed by atoms with Crippen molar-refractivity contribution in [1.29, 1.82) is 0 Å². The summed E-state index contributed by atoms with van der Waals surface area (Å²) in [5.74, 6) is 0.0490. The van der Waals surface area contributed by atoms with Crippen molar-refractivity contribution in [3.05, 3.63) is 33.4 Å². The maximum atomic E-state index is 12.7. The number of hydrogen-bond donors (Lipinski definition) is 0. The van der Waals surface area contributed by atoms with Gasteiger partial charge in [-0.05, 0) is 66.5 Å². The van der Waals surface area contributed by atoms with E-state index in [0.29, 0.717) is 18.4 Å². The lowest BCUT2D eigenvalue weighted by Gasteiger charge is -2.38. The Labute approximate surface area is 139 Å². The molecule has 0 N–H and O–H groups in total. The van der Waals surface area contributed by atoms with Crippen molar-refractivity contribution in [3.63, 3.8) is 0 Å². The van der Waals surface area contributed by atoms with E-state index in [1.54, 1.807) is 0 Å². The lowest BCUT2D eigenvalue weighted by molar-refractivity contribution is 0.0598. The minimum absolute atomic E-state index is 0.0490. The van der Waals surface area contributed by atoms with Crippen molar-refractivity contribution >= 4 is 38.3 Å². The summed E-state index contributed by atoms with van der Waals surface area (Å²) in [5.41, 5.74) is 0.705. The summed E-state index contributed by atoms with van der Waals surface area (Å²) in [7, 11) is -3.01. The first-order valence-electron chi connectivity index (χ1n) is 7.13. The Morgan fingerprint density at radius 2 is 1.86 bits per heavy atom. The van der Waals surface area contributed by atoms with Crippen LogP contribution in [0.25, 0.3) is 0 Å². The fourth-order valence-corrected chi connectivity index (χ4v) is 5.27. The molecule has 4 nitrogen and oxygen atoms in total. The number of rotatable bonds is 2. The second-order valence-corrected chi connectivity index (χ2v) is 9.60. The Morgan fingerprint density at radius 1 is 1.24 bits per heavy atom. The van der Waals surface area contributed by atoms with E-state index >= 15 is 0 Å². The van der Waals surface area contributed by atoms with Crippen LogP contribution in [0.1, 0.15) is 36.0 Å². The number of hydrogen-bond acceptors (Lipinski definition) is 3. The highest BCUT2D eigenvalue weighted by atomic mass is 127. The van der Waals surface area contributed by atoms with Crippen molar-refractivity contribution in [2.75, 3.05) is 6.26 Å². The number of carbonyl (C=O) groups is 1. The minimum atomic E-state index is -3.01. The van der Waals surface area contributed by atoms with E-state index in [1.165, 1.54) is 6.26 Å². The lowest BCUT2D eigenvalue weighted by Crippen LogP contribution is -2.49. The van der Waals surface area contributed by atoms with Crippen LogP contribution in [0, 0.1) is 3.57 Å². The van der Waals surface area contributed by atoms with Gasteiger partial charge in [-0.2, -0.15) is 0 Å². The van der Waals surface area contributed by atoms with Crippen molar-refractivity contribution in [2.24, 2.45) is 0 Å². The molecule has 0 saturated carbocycles. The SMILES string of the molecule is CS(=O)(=O)C1CC2CCC(C1)N2C(=O)c1cccc(I)c1. The van der Waals surface area contributed by atoms with Crippen LogP contribution in [0.4, 0.5) is 0 Å². The number of amides is 1. The van der Waals surface area contributed by atoms with Gasteiger partial charge in [-0.15, -0.1) is 0 Å². The molecule has 2 aliphatic rings. The number of piperidine rings is 1. The summed E-state index contributed by atoms with van der Waals surface area (Å²) in [4.78, 5) is 14.7. The zero-order valence-corrected chi connectivity index (χ0v) is 14.8. The van der Waals surface area contributed by atoms with Crippen molar-refractivity contribution in [2.45, 2.75) is 43.0 Å². The number of fused-ring (bicyclic) bond motifs is 2. The highest BCUT2D eigenvalue weighted by Gasteiger charge is 2.45. The molecule has 114 valence electrons. The van der Waals surface area contributed by atoms with E-state index in [2.05, 4.69) is 22.6 Å². The van der Waals surface area contributed by atoms with Crippen LogP contribution in [0.3, 0.4) is 0 Å². The van der Waals surface area contributed by atoms with Crippen molar-refractivity contribution < 1.29 is 13.2 Å². The fourth-order valence-electron chi connectivity index (χ4n) is 3.58. The summed E-state index contributed by atoms with van der Waals surface area (Å²) in [6.07, 6.45) is 4.34. The second kappa shape index (κ2) is 5.53. The molecule has 0 aromatic heterocycles. The van der Waals surface area contributed by atoms with E-state index in [0.717, 1.165) is 16.4 Å². The fraction of sp³-hybridized carbons (Fsp3) is 0.533. The van der Waals surface area contributed by atoms with Gasteiger partial charge in [-0.1, -0.05) is 6.07 Å². The minimum Gasteiger partial charge on any atom is -0.333 e. The lowest BCUT2D eigenvalue weighted by atomic mass is 10.0.